The zero-order chi connectivity index (χ0) is 20.4. The molecule has 2 atom stereocenters. The van der Waals surface area contributed by atoms with Crippen molar-refractivity contribution < 1.29 is 4.79 Å². The van der Waals surface area contributed by atoms with E-state index in [1.54, 1.807) is 12.4 Å². The van der Waals surface area contributed by atoms with Crippen molar-refractivity contribution in [2.75, 3.05) is 19.6 Å². The molecule has 4 rings (SSSR count). The highest BCUT2D eigenvalue weighted by molar-refractivity contribution is 5.78. The monoisotopic (exact) mass is 393 g/mol. The summed E-state index contributed by atoms with van der Waals surface area (Å²) in [5.41, 5.74) is 3.08. The van der Waals surface area contributed by atoms with Crippen molar-refractivity contribution in [1.82, 2.24) is 25.2 Å². The predicted molar refractivity (Wildman–Crippen MR) is 113 cm³/mol. The molecule has 1 aliphatic carbocycles. The van der Waals surface area contributed by atoms with Crippen LogP contribution in [0, 0.1) is 11.3 Å². The molecule has 2 aromatic heterocycles. The van der Waals surface area contributed by atoms with Crippen LogP contribution in [0.1, 0.15) is 57.3 Å². The SMILES string of the molecule is CC1CCCN(CC(=O)NC2CC(C)(C)Cc3nc(-c4cccnc4)ncc32)C1. The molecule has 2 aliphatic rings. The molecule has 1 saturated heterocycles. The van der Waals surface area contributed by atoms with E-state index in [-0.39, 0.29) is 17.4 Å². The molecular weight excluding hydrogens is 362 g/mol. The number of nitrogens with one attached hydrogen (secondary N) is 1. The summed E-state index contributed by atoms with van der Waals surface area (Å²) in [5.74, 6) is 1.47. The Morgan fingerprint density at radius 1 is 1.34 bits per heavy atom. The molecule has 0 aromatic carbocycles. The van der Waals surface area contributed by atoms with E-state index in [1.807, 2.05) is 18.3 Å². The summed E-state index contributed by atoms with van der Waals surface area (Å²) in [6.07, 6.45) is 9.66. The maximum absolute atomic E-state index is 12.8. The molecular formula is C23H31N5O. The minimum Gasteiger partial charge on any atom is -0.348 e. The molecule has 3 heterocycles. The number of hydrogen-bond donors (Lipinski definition) is 1. The van der Waals surface area contributed by atoms with Crippen LogP contribution in [0.3, 0.4) is 0 Å². The van der Waals surface area contributed by atoms with Gasteiger partial charge in [0.1, 0.15) is 0 Å². The highest BCUT2D eigenvalue weighted by Crippen LogP contribution is 2.40. The van der Waals surface area contributed by atoms with E-state index in [0.717, 1.165) is 42.8 Å². The van der Waals surface area contributed by atoms with Crippen LogP contribution in [0.15, 0.2) is 30.7 Å². The molecule has 1 N–H and O–H groups in total. The maximum atomic E-state index is 12.8. The molecule has 2 unspecified atom stereocenters. The van der Waals surface area contributed by atoms with E-state index in [2.05, 4.69) is 41.0 Å². The van der Waals surface area contributed by atoms with Crippen molar-refractivity contribution in [3.63, 3.8) is 0 Å². The fraction of sp³-hybridized carbons (Fsp3) is 0.565. The Balaban J connectivity index is 1.52. The number of aromatic nitrogens is 3. The summed E-state index contributed by atoms with van der Waals surface area (Å²) in [4.78, 5) is 28.7. The van der Waals surface area contributed by atoms with E-state index in [0.29, 0.717) is 18.3 Å². The van der Waals surface area contributed by atoms with Gasteiger partial charge in [-0.25, -0.2) is 9.97 Å². The third-order valence-corrected chi connectivity index (χ3v) is 6.04. The Morgan fingerprint density at radius 3 is 2.97 bits per heavy atom. The Labute approximate surface area is 173 Å². The van der Waals surface area contributed by atoms with E-state index >= 15 is 0 Å². The molecule has 2 aromatic rings. The van der Waals surface area contributed by atoms with Gasteiger partial charge in [-0.15, -0.1) is 0 Å². The molecule has 0 saturated carbocycles. The van der Waals surface area contributed by atoms with Crippen LogP contribution in [-0.2, 0) is 11.2 Å². The van der Waals surface area contributed by atoms with E-state index < -0.39 is 0 Å². The van der Waals surface area contributed by atoms with E-state index in [9.17, 15) is 4.79 Å². The number of hydrogen-bond acceptors (Lipinski definition) is 5. The highest BCUT2D eigenvalue weighted by Gasteiger charge is 2.35. The van der Waals surface area contributed by atoms with Crippen molar-refractivity contribution >= 4 is 5.91 Å². The first kappa shape index (κ1) is 20.0. The van der Waals surface area contributed by atoms with Gasteiger partial charge >= 0.3 is 0 Å². The highest BCUT2D eigenvalue weighted by atomic mass is 16.2. The molecule has 0 bridgehead atoms. The first-order chi connectivity index (χ1) is 13.9. The molecule has 154 valence electrons. The molecule has 1 aliphatic heterocycles. The van der Waals surface area contributed by atoms with Crippen molar-refractivity contribution in [3.05, 3.63) is 42.0 Å². The molecule has 1 fully saturated rings. The number of carbonyl (C=O) groups excluding carboxylic acids is 1. The van der Waals surface area contributed by atoms with Crippen LogP contribution >= 0.6 is 0 Å². The topological polar surface area (TPSA) is 71.0 Å². The van der Waals surface area contributed by atoms with Gasteiger partial charge in [0.25, 0.3) is 0 Å². The smallest absolute Gasteiger partial charge is 0.234 e. The lowest BCUT2D eigenvalue weighted by Gasteiger charge is -2.37. The molecule has 6 heteroatoms. The first-order valence-corrected chi connectivity index (χ1v) is 10.7. The number of piperidine rings is 1. The molecule has 0 radical (unpaired) electrons. The van der Waals surface area contributed by atoms with Gasteiger partial charge in [0.2, 0.25) is 5.91 Å². The molecule has 1 amide bonds. The number of likely N-dealkylation sites (tertiary alicyclic amines) is 1. The maximum Gasteiger partial charge on any atom is 0.234 e. The minimum atomic E-state index is -0.0357. The third kappa shape index (κ3) is 4.81. The summed E-state index contributed by atoms with van der Waals surface area (Å²) in [6.45, 7) is 9.26. The predicted octanol–water partition coefficient (Wildman–Crippen LogP) is 3.40. The van der Waals surface area contributed by atoms with Gasteiger partial charge in [-0.05, 0) is 55.7 Å². The number of amides is 1. The van der Waals surface area contributed by atoms with Gasteiger partial charge in [0.15, 0.2) is 5.82 Å². The largest absolute Gasteiger partial charge is 0.348 e. The van der Waals surface area contributed by atoms with Crippen molar-refractivity contribution in [3.8, 4) is 11.4 Å². The first-order valence-electron chi connectivity index (χ1n) is 10.7. The number of pyridine rings is 1. The van der Waals surface area contributed by atoms with Gasteiger partial charge < -0.3 is 5.32 Å². The average molecular weight is 394 g/mol. The van der Waals surface area contributed by atoms with E-state index in [4.69, 9.17) is 4.98 Å². The minimum absolute atomic E-state index is 0.0357. The van der Waals surface area contributed by atoms with Crippen LogP contribution in [-0.4, -0.2) is 45.4 Å². The van der Waals surface area contributed by atoms with Crippen LogP contribution < -0.4 is 5.32 Å². The summed E-state index contributed by atoms with van der Waals surface area (Å²) in [5, 5.41) is 3.28. The van der Waals surface area contributed by atoms with Crippen molar-refractivity contribution in [1.29, 1.82) is 0 Å². The molecule has 0 spiro atoms. The standard InChI is InChI=1S/C23H31N5O/c1-16-6-5-9-28(14-16)15-21(29)26-19-10-23(2,3)11-20-18(19)13-25-22(27-20)17-7-4-8-24-12-17/h4,7-8,12-13,16,19H,5-6,9-11,14-15H2,1-3H3,(H,26,29). The summed E-state index contributed by atoms with van der Waals surface area (Å²) in [7, 11) is 0. The van der Waals surface area contributed by atoms with Crippen LogP contribution in [0.4, 0.5) is 0 Å². The summed E-state index contributed by atoms with van der Waals surface area (Å²) in [6, 6.07) is 3.83. The van der Waals surface area contributed by atoms with Crippen molar-refractivity contribution in [2.45, 2.75) is 52.5 Å². The third-order valence-electron chi connectivity index (χ3n) is 6.04. The van der Waals surface area contributed by atoms with Crippen LogP contribution in [0.2, 0.25) is 0 Å². The van der Waals surface area contributed by atoms with Gasteiger partial charge in [0, 0.05) is 36.3 Å². The Kier molecular flexibility index (Phi) is 5.63. The fourth-order valence-electron chi connectivity index (χ4n) is 4.68. The quantitative estimate of drug-likeness (QED) is 0.862. The van der Waals surface area contributed by atoms with Gasteiger partial charge in [0.05, 0.1) is 18.3 Å². The second kappa shape index (κ2) is 8.19. The normalized spacial score (nSPS) is 24.0. The number of rotatable bonds is 4. The number of carbonyl (C=O) groups is 1. The van der Waals surface area contributed by atoms with Gasteiger partial charge in [-0.1, -0.05) is 20.8 Å². The number of nitrogens with zero attached hydrogens (tertiary/aromatic N) is 4. The molecule has 6 nitrogen and oxygen atoms in total. The summed E-state index contributed by atoms with van der Waals surface area (Å²) < 4.78 is 0. The lowest BCUT2D eigenvalue weighted by Crippen LogP contribution is -2.44. The lowest BCUT2D eigenvalue weighted by atomic mass is 9.74. The van der Waals surface area contributed by atoms with Crippen LogP contribution in [0.5, 0.6) is 0 Å². The van der Waals surface area contributed by atoms with Gasteiger partial charge in [-0.3, -0.25) is 14.7 Å². The fourth-order valence-corrected chi connectivity index (χ4v) is 4.68. The van der Waals surface area contributed by atoms with Crippen molar-refractivity contribution in [2.24, 2.45) is 11.3 Å². The second-order valence-electron chi connectivity index (χ2n) is 9.49. The zero-order valence-corrected chi connectivity index (χ0v) is 17.7. The lowest BCUT2D eigenvalue weighted by molar-refractivity contribution is -0.123. The molecule has 29 heavy (non-hydrogen) atoms. The Morgan fingerprint density at radius 2 is 2.21 bits per heavy atom. The summed E-state index contributed by atoms with van der Waals surface area (Å²) >= 11 is 0. The number of fused-ring (bicyclic) bond motifs is 1. The average Bonchev–Trinajstić information content (AvgIpc) is 2.67. The van der Waals surface area contributed by atoms with E-state index in [1.165, 1.54) is 12.8 Å². The second-order valence-corrected chi connectivity index (χ2v) is 9.49. The Bertz CT molecular complexity index is 867. The Hall–Kier alpha value is -2.34. The van der Waals surface area contributed by atoms with Crippen LogP contribution in [0.25, 0.3) is 11.4 Å². The zero-order valence-electron chi connectivity index (χ0n) is 17.7. The van der Waals surface area contributed by atoms with Gasteiger partial charge in [-0.2, -0.15) is 0 Å².